The molecule has 0 radical (unpaired) electrons. The van der Waals surface area contributed by atoms with Crippen LogP contribution in [0.1, 0.15) is 48.2 Å². The van der Waals surface area contributed by atoms with Crippen LogP contribution < -0.4 is 4.72 Å². The Kier molecular flexibility index (Phi) is 5.81. The normalized spacial score (nSPS) is 17.0. The van der Waals surface area contributed by atoms with Crippen LogP contribution in [0.2, 0.25) is 0 Å². The van der Waals surface area contributed by atoms with Crippen molar-refractivity contribution >= 4 is 43.3 Å². The van der Waals surface area contributed by atoms with E-state index in [4.69, 9.17) is 5.11 Å². The number of sulfonamides is 1. The molecule has 1 aromatic rings. The average Bonchev–Trinajstić information content (AvgIpc) is 2.83. The number of hydrogen-bond donors (Lipinski definition) is 2. The van der Waals surface area contributed by atoms with Crippen molar-refractivity contribution in [2.75, 3.05) is 6.54 Å². The average molecular weight is 396 g/mol. The van der Waals surface area contributed by atoms with Crippen LogP contribution in [-0.4, -0.2) is 26.0 Å². The molecule has 8 heteroatoms. The highest BCUT2D eigenvalue weighted by molar-refractivity contribution is 9.11. The Hall–Kier alpha value is -0.440. The van der Waals surface area contributed by atoms with Gasteiger partial charge < -0.3 is 5.11 Å². The van der Waals surface area contributed by atoms with Crippen molar-refractivity contribution in [1.29, 1.82) is 0 Å². The van der Waals surface area contributed by atoms with E-state index in [1.807, 2.05) is 0 Å². The van der Waals surface area contributed by atoms with E-state index in [2.05, 4.69) is 20.7 Å². The quantitative estimate of drug-likeness (QED) is 0.772. The summed E-state index contributed by atoms with van der Waals surface area (Å²) in [5.74, 6) is -0.522. The maximum absolute atomic E-state index is 12.2. The van der Waals surface area contributed by atoms with E-state index in [1.54, 1.807) is 0 Å². The van der Waals surface area contributed by atoms with Gasteiger partial charge in [-0.2, -0.15) is 0 Å². The minimum Gasteiger partial charge on any atom is -0.477 e. The fourth-order valence-corrected chi connectivity index (χ4v) is 6.04. The van der Waals surface area contributed by atoms with E-state index in [-0.39, 0.29) is 9.77 Å². The minimum absolute atomic E-state index is 0.00791. The Labute approximate surface area is 136 Å². The molecule has 1 aromatic heterocycles. The second-order valence-electron chi connectivity index (χ2n) is 5.24. The van der Waals surface area contributed by atoms with Crippen LogP contribution in [0.4, 0.5) is 0 Å². The molecule has 1 aliphatic carbocycles. The summed E-state index contributed by atoms with van der Waals surface area (Å²) in [6.07, 6.45) is 6.93. The van der Waals surface area contributed by atoms with E-state index in [1.165, 1.54) is 38.2 Å². The molecule has 5 nitrogen and oxygen atoms in total. The van der Waals surface area contributed by atoms with Crippen molar-refractivity contribution < 1.29 is 18.3 Å². The maximum atomic E-state index is 12.2. The zero-order chi connectivity index (χ0) is 15.5. The van der Waals surface area contributed by atoms with Crippen molar-refractivity contribution in [2.24, 2.45) is 5.92 Å². The summed E-state index contributed by atoms with van der Waals surface area (Å²) in [6.45, 7) is 0.400. The number of carbonyl (C=O) groups is 1. The van der Waals surface area contributed by atoms with Crippen LogP contribution >= 0.6 is 27.3 Å². The van der Waals surface area contributed by atoms with Crippen LogP contribution in [0.25, 0.3) is 0 Å². The summed E-state index contributed by atoms with van der Waals surface area (Å²) in [7, 11) is -3.65. The van der Waals surface area contributed by atoms with E-state index in [0.717, 1.165) is 17.8 Å². The second kappa shape index (κ2) is 7.21. The summed E-state index contributed by atoms with van der Waals surface area (Å²) >= 11 is 4.03. The van der Waals surface area contributed by atoms with Gasteiger partial charge in [-0.15, -0.1) is 11.3 Å². The lowest BCUT2D eigenvalue weighted by Gasteiger charge is -2.21. The Balaban J connectivity index is 1.96. The van der Waals surface area contributed by atoms with E-state index >= 15 is 0 Å². The number of halogens is 1. The molecular weight excluding hydrogens is 378 g/mol. The highest BCUT2D eigenvalue weighted by Gasteiger charge is 2.23. The molecule has 0 aromatic carbocycles. The van der Waals surface area contributed by atoms with Crippen molar-refractivity contribution in [3.63, 3.8) is 0 Å². The third-order valence-electron chi connectivity index (χ3n) is 3.73. The van der Waals surface area contributed by atoms with Gasteiger partial charge in [-0.1, -0.05) is 32.1 Å². The first kappa shape index (κ1) is 16.9. The van der Waals surface area contributed by atoms with E-state index in [9.17, 15) is 13.2 Å². The van der Waals surface area contributed by atoms with Crippen LogP contribution in [0.15, 0.2) is 14.7 Å². The first-order valence-corrected chi connectivity index (χ1v) is 10.0. The predicted molar refractivity (Wildman–Crippen MR) is 85.4 cm³/mol. The van der Waals surface area contributed by atoms with Crippen LogP contribution in [-0.2, 0) is 10.0 Å². The Morgan fingerprint density at radius 2 is 2.05 bits per heavy atom. The molecule has 0 atom stereocenters. The zero-order valence-electron chi connectivity index (χ0n) is 11.5. The molecule has 0 aliphatic heterocycles. The first-order chi connectivity index (χ1) is 9.90. The van der Waals surface area contributed by atoms with Crippen LogP contribution in [0.3, 0.4) is 0 Å². The molecule has 1 aliphatic rings. The minimum atomic E-state index is -3.65. The Morgan fingerprint density at radius 1 is 1.38 bits per heavy atom. The molecular formula is C13H18BrNO4S2. The largest absolute Gasteiger partial charge is 0.477 e. The number of carboxylic acids is 1. The predicted octanol–water partition coefficient (Wildman–Crippen LogP) is 3.46. The first-order valence-electron chi connectivity index (χ1n) is 6.92. The number of rotatable bonds is 6. The van der Waals surface area contributed by atoms with Gasteiger partial charge >= 0.3 is 5.97 Å². The van der Waals surface area contributed by atoms with Crippen molar-refractivity contribution in [3.8, 4) is 0 Å². The molecule has 1 heterocycles. The molecule has 2 N–H and O–H groups in total. The van der Waals surface area contributed by atoms with Crippen LogP contribution in [0, 0.1) is 5.92 Å². The summed E-state index contributed by atoms with van der Waals surface area (Å²) in [5.41, 5.74) is 0. The van der Waals surface area contributed by atoms with Crippen molar-refractivity contribution in [1.82, 2.24) is 4.72 Å². The Morgan fingerprint density at radius 3 is 2.62 bits per heavy atom. The molecule has 21 heavy (non-hydrogen) atoms. The molecule has 0 saturated heterocycles. The number of nitrogens with one attached hydrogen (secondary N) is 1. The molecule has 0 bridgehead atoms. The van der Waals surface area contributed by atoms with E-state index in [0.29, 0.717) is 16.2 Å². The monoisotopic (exact) mass is 395 g/mol. The number of aromatic carboxylic acids is 1. The highest BCUT2D eigenvalue weighted by atomic mass is 79.9. The van der Waals surface area contributed by atoms with E-state index < -0.39 is 16.0 Å². The van der Waals surface area contributed by atoms with Gasteiger partial charge in [0.1, 0.15) is 9.77 Å². The molecule has 1 saturated carbocycles. The van der Waals surface area contributed by atoms with Gasteiger partial charge in [-0.3, -0.25) is 0 Å². The third kappa shape index (κ3) is 4.51. The highest BCUT2D eigenvalue weighted by Crippen LogP contribution is 2.32. The summed E-state index contributed by atoms with van der Waals surface area (Å²) in [4.78, 5) is 10.9. The van der Waals surface area contributed by atoms with Crippen molar-refractivity contribution in [2.45, 2.75) is 43.4 Å². The molecule has 0 amide bonds. The smallest absolute Gasteiger partial charge is 0.345 e. The third-order valence-corrected chi connectivity index (χ3v) is 7.43. The van der Waals surface area contributed by atoms with Gasteiger partial charge in [-0.25, -0.2) is 17.9 Å². The number of hydrogen-bond acceptors (Lipinski definition) is 4. The lowest BCUT2D eigenvalue weighted by molar-refractivity contribution is 0.0702. The molecule has 2 rings (SSSR count). The molecule has 0 spiro atoms. The summed E-state index contributed by atoms with van der Waals surface area (Å²) in [5, 5.41) is 8.91. The lowest BCUT2D eigenvalue weighted by Crippen LogP contribution is -2.26. The van der Waals surface area contributed by atoms with Gasteiger partial charge in [0.25, 0.3) is 0 Å². The Bertz CT molecular complexity index is 606. The SMILES string of the molecule is O=C(O)c1cc(S(=O)(=O)NCCC2CCCCC2)c(Br)s1. The van der Waals surface area contributed by atoms with Crippen LogP contribution in [0.5, 0.6) is 0 Å². The lowest BCUT2D eigenvalue weighted by atomic mass is 9.87. The fourth-order valence-electron chi connectivity index (χ4n) is 2.59. The second-order valence-corrected chi connectivity index (χ2v) is 9.35. The van der Waals surface area contributed by atoms with Gasteiger partial charge in [0.15, 0.2) is 0 Å². The van der Waals surface area contributed by atoms with Gasteiger partial charge in [0.2, 0.25) is 10.0 Å². The summed E-state index contributed by atoms with van der Waals surface area (Å²) < 4.78 is 27.3. The van der Waals surface area contributed by atoms with Gasteiger partial charge in [-0.05, 0) is 34.3 Å². The molecule has 118 valence electrons. The number of thiophene rings is 1. The maximum Gasteiger partial charge on any atom is 0.345 e. The fraction of sp³-hybridized carbons (Fsp3) is 0.615. The van der Waals surface area contributed by atoms with Gasteiger partial charge in [0.05, 0.1) is 3.79 Å². The zero-order valence-corrected chi connectivity index (χ0v) is 14.7. The van der Waals surface area contributed by atoms with Crippen molar-refractivity contribution in [3.05, 3.63) is 14.7 Å². The summed E-state index contributed by atoms with van der Waals surface area (Å²) in [6, 6.07) is 1.19. The number of carboxylic acid groups (broad SMARTS) is 1. The van der Waals surface area contributed by atoms with Gasteiger partial charge in [0, 0.05) is 6.54 Å². The topological polar surface area (TPSA) is 83.5 Å². The molecule has 1 fully saturated rings. The standard InChI is InChI=1S/C13H18BrNO4S2/c14-12-11(8-10(20-12)13(16)17)21(18,19)15-7-6-9-4-2-1-3-5-9/h8-9,15H,1-7H2,(H,16,17). The molecule has 0 unspecified atom stereocenters.